The molecule has 1 nitrogen and oxygen atoms in total. The standard InChI is InChI=1S/C17H15BrOS/c18-14-9-16(20-11-14)10-15(19)8-13-6-3-5-12-4-1-2-7-17(12)13/h1-7,9,11,15,19H,8,10H2. The number of benzene rings is 2. The molecule has 0 amide bonds. The molecular weight excluding hydrogens is 332 g/mol. The van der Waals surface area contributed by atoms with Crippen molar-refractivity contribution in [3.8, 4) is 0 Å². The minimum Gasteiger partial charge on any atom is -0.392 e. The average Bonchev–Trinajstić information content (AvgIpc) is 2.84. The third-order valence-corrected chi connectivity index (χ3v) is 5.11. The van der Waals surface area contributed by atoms with Crippen LogP contribution in [-0.4, -0.2) is 11.2 Å². The summed E-state index contributed by atoms with van der Waals surface area (Å²) >= 11 is 5.14. The van der Waals surface area contributed by atoms with Crippen LogP contribution in [0.25, 0.3) is 10.8 Å². The van der Waals surface area contributed by atoms with E-state index in [4.69, 9.17) is 0 Å². The van der Waals surface area contributed by atoms with E-state index in [2.05, 4.69) is 63.8 Å². The summed E-state index contributed by atoms with van der Waals surface area (Å²) in [6, 6.07) is 16.7. The normalized spacial score (nSPS) is 12.7. The second kappa shape index (κ2) is 6.08. The Morgan fingerprint density at radius 2 is 1.85 bits per heavy atom. The molecule has 2 aromatic carbocycles. The van der Waals surface area contributed by atoms with Gasteiger partial charge in [-0.25, -0.2) is 0 Å². The lowest BCUT2D eigenvalue weighted by Crippen LogP contribution is -2.13. The molecule has 1 aromatic heterocycles. The molecule has 3 rings (SSSR count). The van der Waals surface area contributed by atoms with Crippen LogP contribution < -0.4 is 0 Å². The van der Waals surface area contributed by atoms with Crippen LogP contribution in [-0.2, 0) is 12.8 Å². The van der Waals surface area contributed by atoms with Gasteiger partial charge in [0.15, 0.2) is 0 Å². The van der Waals surface area contributed by atoms with Gasteiger partial charge in [0.1, 0.15) is 0 Å². The molecule has 3 heteroatoms. The lowest BCUT2D eigenvalue weighted by molar-refractivity contribution is 0.176. The molecule has 102 valence electrons. The predicted octanol–water partition coefficient (Wildman–Crippen LogP) is 4.81. The number of hydrogen-bond acceptors (Lipinski definition) is 2. The van der Waals surface area contributed by atoms with Crippen molar-refractivity contribution in [3.05, 3.63) is 68.8 Å². The molecule has 0 saturated carbocycles. The van der Waals surface area contributed by atoms with Gasteiger partial charge in [-0.2, -0.15) is 0 Å². The van der Waals surface area contributed by atoms with Crippen LogP contribution in [0.15, 0.2) is 58.4 Å². The molecule has 0 bridgehead atoms. The van der Waals surface area contributed by atoms with E-state index in [0.717, 1.165) is 4.47 Å². The summed E-state index contributed by atoms with van der Waals surface area (Å²) in [7, 11) is 0. The highest BCUT2D eigenvalue weighted by atomic mass is 79.9. The van der Waals surface area contributed by atoms with Crippen molar-refractivity contribution >= 4 is 38.0 Å². The van der Waals surface area contributed by atoms with Crippen LogP contribution >= 0.6 is 27.3 Å². The largest absolute Gasteiger partial charge is 0.392 e. The molecule has 0 spiro atoms. The van der Waals surface area contributed by atoms with Crippen LogP contribution in [0.5, 0.6) is 0 Å². The third kappa shape index (κ3) is 3.11. The van der Waals surface area contributed by atoms with Gasteiger partial charge >= 0.3 is 0 Å². The summed E-state index contributed by atoms with van der Waals surface area (Å²) in [5.74, 6) is 0. The molecule has 3 aromatic rings. The molecule has 1 heterocycles. The SMILES string of the molecule is OC(Cc1cc(Br)cs1)Cc1cccc2ccccc12. The van der Waals surface area contributed by atoms with E-state index in [1.165, 1.54) is 21.2 Å². The Balaban J connectivity index is 1.79. The van der Waals surface area contributed by atoms with Gasteiger partial charge in [0, 0.05) is 21.2 Å². The maximum Gasteiger partial charge on any atom is 0.0628 e. The number of aliphatic hydroxyl groups is 1. The minimum atomic E-state index is -0.341. The first-order valence-electron chi connectivity index (χ1n) is 6.60. The topological polar surface area (TPSA) is 20.2 Å². The molecule has 0 aliphatic carbocycles. The van der Waals surface area contributed by atoms with Gasteiger partial charge in [-0.3, -0.25) is 0 Å². The number of thiophene rings is 1. The van der Waals surface area contributed by atoms with Gasteiger partial charge in [0.2, 0.25) is 0 Å². The summed E-state index contributed by atoms with van der Waals surface area (Å²) in [5, 5.41) is 14.8. The predicted molar refractivity (Wildman–Crippen MR) is 89.4 cm³/mol. The van der Waals surface area contributed by atoms with Crippen LogP contribution in [0.3, 0.4) is 0 Å². The molecule has 1 N–H and O–H groups in total. The Kier molecular flexibility index (Phi) is 4.20. The van der Waals surface area contributed by atoms with E-state index in [0.29, 0.717) is 12.8 Å². The molecule has 20 heavy (non-hydrogen) atoms. The van der Waals surface area contributed by atoms with Crippen molar-refractivity contribution < 1.29 is 5.11 Å². The number of aliphatic hydroxyl groups excluding tert-OH is 1. The highest BCUT2D eigenvalue weighted by Crippen LogP contribution is 2.24. The monoisotopic (exact) mass is 346 g/mol. The lowest BCUT2D eigenvalue weighted by Gasteiger charge is -2.11. The molecule has 0 aliphatic rings. The van der Waals surface area contributed by atoms with E-state index in [-0.39, 0.29) is 6.10 Å². The van der Waals surface area contributed by atoms with Gasteiger partial charge in [-0.15, -0.1) is 11.3 Å². The van der Waals surface area contributed by atoms with Crippen LogP contribution in [0, 0.1) is 0 Å². The zero-order chi connectivity index (χ0) is 13.9. The number of hydrogen-bond donors (Lipinski definition) is 1. The molecule has 1 atom stereocenters. The number of rotatable bonds is 4. The first-order chi connectivity index (χ1) is 9.72. The highest BCUT2D eigenvalue weighted by Gasteiger charge is 2.10. The number of halogens is 1. The zero-order valence-corrected chi connectivity index (χ0v) is 13.3. The second-order valence-corrected chi connectivity index (χ2v) is 6.84. The smallest absolute Gasteiger partial charge is 0.0628 e. The summed E-state index contributed by atoms with van der Waals surface area (Å²) in [4.78, 5) is 1.21. The molecule has 0 saturated heterocycles. The van der Waals surface area contributed by atoms with Crippen LogP contribution in [0.4, 0.5) is 0 Å². The Morgan fingerprint density at radius 1 is 1.05 bits per heavy atom. The highest BCUT2D eigenvalue weighted by molar-refractivity contribution is 9.10. The van der Waals surface area contributed by atoms with Crippen molar-refractivity contribution in [2.75, 3.05) is 0 Å². The fourth-order valence-electron chi connectivity index (χ4n) is 2.49. The van der Waals surface area contributed by atoms with E-state index < -0.39 is 0 Å². The fraction of sp³-hybridized carbons (Fsp3) is 0.176. The molecule has 0 aliphatic heterocycles. The van der Waals surface area contributed by atoms with Gasteiger partial charge in [0.05, 0.1) is 6.10 Å². The molecule has 0 radical (unpaired) electrons. The molecule has 1 unspecified atom stereocenters. The Hall–Kier alpha value is -1.16. The molecule has 0 fully saturated rings. The second-order valence-electron chi connectivity index (χ2n) is 4.93. The van der Waals surface area contributed by atoms with Crippen LogP contribution in [0.2, 0.25) is 0 Å². The lowest BCUT2D eigenvalue weighted by atomic mass is 9.98. The maximum absolute atomic E-state index is 10.3. The summed E-state index contributed by atoms with van der Waals surface area (Å²) in [6.07, 6.45) is 1.06. The maximum atomic E-state index is 10.3. The Labute approximate surface area is 131 Å². The van der Waals surface area contributed by atoms with Crippen molar-refractivity contribution in [1.29, 1.82) is 0 Å². The zero-order valence-electron chi connectivity index (χ0n) is 10.9. The van der Waals surface area contributed by atoms with Crippen molar-refractivity contribution in [3.63, 3.8) is 0 Å². The van der Waals surface area contributed by atoms with E-state index in [9.17, 15) is 5.11 Å². The van der Waals surface area contributed by atoms with Crippen molar-refractivity contribution in [2.24, 2.45) is 0 Å². The van der Waals surface area contributed by atoms with Gasteiger partial charge in [0.25, 0.3) is 0 Å². The first kappa shape index (κ1) is 13.8. The Bertz CT molecular complexity index is 714. The average molecular weight is 347 g/mol. The Morgan fingerprint density at radius 3 is 2.65 bits per heavy atom. The summed E-state index contributed by atoms with van der Waals surface area (Å²) < 4.78 is 1.09. The van der Waals surface area contributed by atoms with E-state index >= 15 is 0 Å². The van der Waals surface area contributed by atoms with E-state index in [1.54, 1.807) is 11.3 Å². The van der Waals surface area contributed by atoms with Gasteiger partial charge in [-0.1, -0.05) is 42.5 Å². The summed E-state index contributed by atoms with van der Waals surface area (Å²) in [5.41, 5.74) is 1.21. The summed E-state index contributed by atoms with van der Waals surface area (Å²) in [6.45, 7) is 0. The molecular formula is C17H15BrOS. The minimum absolute atomic E-state index is 0.341. The van der Waals surface area contributed by atoms with E-state index in [1.807, 2.05) is 6.07 Å². The van der Waals surface area contributed by atoms with Crippen LogP contribution in [0.1, 0.15) is 10.4 Å². The quantitative estimate of drug-likeness (QED) is 0.718. The van der Waals surface area contributed by atoms with Gasteiger partial charge in [-0.05, 0) is 44.8 Å². The third-order valence-electron chi connectivity index (χ3n) is 3.39. The van der Waals surface area contributed by atoms with Crippen molar-refractivity contribution in [1.82, 2.24) is 0 Å². The number of fused-ring (bicyclic) bond motifs is 1. The van der Waals surface area contributed by atoms with Gasteiger partial charge < -0.3 is 5.11 Å². The van der Waals surface area contributed by atoms with Crippen molar-refractivity contribution in [2.45, 2.75) is 18.9 Å². The fourth-order valence-corrected chi connectivity index (χ4v) is 4.01. The first-order valence-corrected chi connectivity index (χ1v) is 8.27.